The van der Waals surface area contributed by atoms with Gasteiger partial charge in [-0.05, 0) is 37.1 Å². The minimum absolute atomic E-state index is 0.0408. The number of nitrogens with zero attached hydrogens (tertiary/aromatic N) is 1. The van der Waals surface area contributed by atoms with Crippen molar-refractivity contribution in [2.75, 3.05) is 6.54 Å². The van der Waals surface area contributed by atoms with E-state index in [1.807, 2.05) is 0 Å². The summed E-state index contributed by atoms with van der Waals surface area (Å²) < 4.78 is 18.6. The maximum absolute atomic E-state index is 12.9. The van der Waals surface area contributed by atoms with Gasteiger partial charge in [0.05, 0.1) is 11.4 Å². The van der Waals surface area contributed by atoms with E-state index < -0.39 is 0 Å². The first-order valence-electron chi connectivity index (χ1n) is 6.88. The SMILES string of the molecule is O=C1NCCCCC1Sc1ncc(-c2ccc(F)cc2)o1. The van der Waals surface area contributed by atoms with Crippen LogP contribution in [0.5, 0.6) is 0 Å². The molecule has 2 aromatic rings. The first-order valence-corrected chi connectivity index (χ1v) is 7.76. The second-order valence-electron chi connectivity index (χ2n) is 4.89. The van der Waals surface area contributed by atoms with Gasteiger partial charge in [-0.1, -0.05) is 18.2 Å². The molecule has 6 heteroatoms. The van der Waals surface area contributed by atoms with Crippen LogP contribution >= 0.6 is 11.8 Å². The molecule has 1 saturated heterocycles. The average molecular weight is 306 g/mol. The van der Waals surface area contributed by atoms with Gasteiger partial charge in [-0.3, -0.25) is 4.79 Å². The number of amides is 1. The van der Waals surface area contributed by atoms with Gasteiger partial charge in [0.1, 0.15) is 5.82 Å². The summed E-state index contributed by atoms with van der Waals surface area (Å²) in [4.78, 5) is 16.1. The minimum atomic E-state index is -0.289. The number of carbonyl (C=O) groups is 1. The summed E-state index contributed by atoms with van der Waals surface area (Å²) in [5, 5.41) is 3.20. The Labute approximate surface area is 126 Å². The second kappa shape index (κ2) is 6.30. The first kappa shape index (κ1) is 14.1. The van der Waals surface area contributed by atoms with Gasteiger partial charge >= 0.3 is 0 Å². The number of carbonyl (C=O) groups excluding carboxylic acids is 1. The quantitative estimate of drug-likeness (QED) is 0.946. The molecule has 1 unspecified atom stereocenters. The molecule has 1 atom stereocenters. The number of nitrogens with one attached hydrogen (secondary N) is 1. The largest absolute Gasteiger partial charge is 0.431 e. The molecule has 1 aliphatic rings. The van der Waals surface area contributed by atoms with Crippen LogP contribution in [0.2, 0.25) is 0 Å². The minimum Gasteiger partial charge on any atom is -0.431 e. The normalized spacial score (nSPS) is 19.1. The predicted octanol–water partition coefficient (Wildman–Crippen LogP) is 3.24. The van der Waals surface area contributed by atoms with Crippen LogP contribution in [0.4, 0.5) is 4.39 Å². The van der Waals surface area contributed by atoms with Crippen molar-refractivity contribution >= 4 is 17.7 Å². The van der Waals surface area contributed by atoms with Crippen LogP contribution in [0, 0.1) is 5.82 Å². The standard InChI is InChI=1S/C15H15FN2O2S/c16-11-6-4-10(5-7-11)12-9-18-15(20-12)21-13-3-1-2-8-17-14(13)19/h4-7,9,13H,1-3,8H2,(H,17,19). The van der Waals surface area contributed by atoms with Crippen molar-refractivity contribution in [2.45, 2.75) is 29.7 Å². The number of thioether (sulfide) groups is 1. The van der Waals surface area contributed by atoms with E-state index in [9.17, 15) is 9.18 Å². The molecular weight excluding hydrogens is 291 g/mol. The Kier molecular flexibility index (Phi) is 4.24. The molecule has 1 N–H and O–H groups in total. The molecule has 2 heterocycles. The van der Waals surface area contributed by atoms with Crippen molar-refractivity contribution in [1.29, 1.82) is 0 Å². The van der Waals surface area contributed by atoms with Crippen molar-refractivity contribution in [2.24, 2.45) is 0 Å². The third-order valence-electron chi connectivity index (χ3n) is 3.34. The molecule has 0 radical (unpaired) electrons. The van der Waals surface area contributed by atoms with Crippen LogP contribution in [-0.2, 0) is 4.79 Å². The molecular formula is C15H15FN2O2S. The predicted molar refractivity (Wildman–Crippen MR) is 78.4 cm³/mol. The van der Waals surface area contributed by atoms with E-state index in [4.69, 9.17) is 4.42 Å². The van der Waals surface area contributed by atoms with Gasteiger partial charge in [0.25, 0.3) is 5.22 Å². The number of oxazole rings is 1. The third-order valence-corrected chi connectivity index (χ3v) is 4.47. The lowest BCUT2D eigenvalue weighted by Crippen LogP contribution is -2.30. The third kappa shape index (κ3) is 3.44. The Morgan fingerprint density at radius 1 is 1.29 bits per heavy atom. The van der Waals surface area contributed by atoms with Gasteiger partial charge in [0, 0.05) is 12.1 Å². The highest BCUT2D eigenvalue weighted by Crippen LogP contribution is 2.30. The first-order chi connectivity index (χ1) is 10.2. The summed E-state index contributed by atoms with van der Waals surface area (Å²) in [7, 11) is 0. The molecule has 1 amide bonds. The van der Waals surface area contributed by atoms with E-state index in [1.54, 1.807) is 18.3 Å². The van der Waals surface area contributed by atoms with Crippen molar-refractivity contribution in [1.82, 2.24) is 10.3 Å². The fourth-order valence-corrected chi connectivity index (χ4v) is 3.18. The van der Waals surface area contributed by atoms with E-state index in [0.717, 1.165) is 31.4 Å². The second-order valence-corrected chi connectivity index (χ2v) is 6.04. The molecule has 1 aliphatic heterocycles. The van der Waals surface area contributed by atoms with E-state index in [2.05, 4.69) is 10.3 Å². The zero-order valence-corrected chi connectivity index (χ0v) is 12.2. The van der Waals surface area contributed by atoms with Crippen molar-refractivity contribution < 1.29 is 13.6 Å². The molecule has 4 nitrogen and oxygen atoms in total. The van der Waals surface area contributed by atoms with Crippen molar-refractivity contribution in [3.8, 4) is 11.3 Å². The molecule has 0 aliphatic carbocycles. The zero-order chi connectivity index (χ0) is 14.7. The highest BCUT2D eigenvalue weighted by atomic mass is 32.2. The van der Waals surface area contributed by atoms with Crippen LogP contribution < -0.4 is 5.32 Å². The van der Waals surface area contributed by atoms with Crippen LogP contribution in [-0.4, -0.2) is 22.7 Å². The summed E-state index contributed by atoms with van der Waals surface area (Å²) >= 11 is 1.34. The smallest absolute Gasteiger partial charge is 0.256 e. The van der Waals surface area contributed by atoms with Gasteiger partial charge in [-0.25, -0.2) is 9.37 Å². The Balaban J connectivity index is 1.72. The molecule has 1 aromatic carbocycles. The zero-order valence-electron chi connectivity index (χ0n) is 11.3. The van der Waals surface area contributed by atoms with E-state index >= 15 is 0 Å². The molecule has 3 rings (SSSR count). The number of benzene rings is 1. The molecule has 0 spiro atoms. The number of hydrogen-bond acceptors (Lipinski definition) is 4. The van der Waals surface area contributed by atoms with Gasteiger partial charge in [-0.15, -0.1) is 0 Å². The molecule has 21 heavy (non-hydrogen) atoms. The Bertz CT molecular complexity index is 627. The lowest BCUT2D eigenvalue weighted by atomic mass is 10.2. The monoisotopic (exact) mass is 306 g/mol. The number of rotatable bonds is 3. The summed E-state index contributed by atoms with van der Waals surface area (Å²) in [6, 6.07) is 6.04. The summed E-state index contributed by atoms with van der Waals surface area (Å²) in [6.07, 6.45) is 4.45. The highest BCUT2D eigenvalue weighted by molar-refractivity contribution is 8.00. The van der Waals surface area contributed by atoms with Gasteiger partial charge in [0.15, 0.2) is 5.76 Å². The number of halogens is 1. The van der Waals surface area contributed by atoms with Crippen LogP contribution in [0.15, 0.2) is 40.1 Å². The van der Waals surface area contributed by atoms with Crippen LogP contribution in [0.3, 0.4) is 0 Å². The maximum Gasteiger partial charge on any atom is 0.256 e. The summed E-state index contributed by atoms with van der Waals surface area (Å²) in [6.45, 7) is 0.738. The molecule has 1 aromatic heterocycles. The Morgan fingerprint density at radius 2 is 2.10 bits per heavy atom. The average Bonchev–Trinajstić information content (AvgIpc) is 2.85. The lowest BCUT2D eigenvalue weighted by molar-refractivity contribution is -0.120. The molecule has 1 fully saturated rings. The number of hydrogen-bond donors (Lipinski definition) is 1. The molecule has 0 bridgehead atoms. The Morgan fingerprint density at radius 3 is 2.90 bits per heavy atom. The van der Waals surface area contributed by atoms with Gasteiger partial charge in [0.2, 0.25) is 5.91 Å². The Hall–Kier alpha value is -1.82. The van der Waals surface area contributed by atoms with Crippen LogP contribution in [0.25, 0.3) is 11.3 Å². The van der Waals surface area contributed by atoms with E-state index in [-0.39, 0.29) is 17.0 Å². The van der Waals surface area contributed by atoms with Crippen molar-refractivity contribution in [3.63, 3.8) is 0 Å². The lowest BCUT2D eigenvalue weighted by Gasteiger charge is -2.09. The van der Waals surface area contributed by atoms with E-state index in [0.29, 0.717) is 11.0 Å². The van der Waals surface area contributed by atoms with Gasteiger partial charge < -0.3 is 9.73 Å². The number of aromatic nitrogens is 1. The van der Waals surface area contributed by atoms with E-state index in [1.165, 1.54) is 23.9 Å². The van der Waals surface area contributed by atoms with Crippen LogP contribution in [0.1, 0.15) is 19.3 Å². The highest BCUT2D eigenvalue weighted by Gasteiger charge is 2.23. The fourth-order valence-electron chi connectivity index (χ4n) is 2.21. The maximum atomic E-state index is 12.9. The van der Waals surface area contributed by atoms with Gasteiger partial charge in [-0.2, -0.15) is 0 Å². The fraction of sp³-hybridized carbons (Fsp3) is 0.333. The topological polar surface area (TPSA) is 55.1 Å². The molecule has 0 saturated carbocycles. The summed E-state index contributed by atoms with van der Waals surface area (Å²) in [5.74, 6) is 0.327. The summed E-state index contributed by atoms with van der Waals surface area (Å²) in [5.41, 5.74) is 0.765. The molecule has 110 valence electrons. The van der Waals surface area contributed by atoms with Crippen molar-refractivity contribution in [3.05, 3.63) is 36.3 Å².